The summed E-state index contributed by atoms with van der Waals surface area (Å²) in [4.78, 5) is 3.91. The highest BCUT2D eigenvalue weighted by molar-refractivity contribution is 6.69. The first-order valence-electron chi connectivity index (χ1n) is 4.81. The Balaban J connectivity index is 2.09. The summed E-state index contributed by atoms with van der Waals surface area (Å²) in [7, 11) is 0. The van der Waals surface area contributed by atoms with Crippen LogP contribution in [0, 0.1) is 0 Å². The zero-order chi connectivity index (χ0) is 11.2. The summed E-state index contributed by atoms with van der Waals surface area (Å²) in [6, 6.07) is 13.2. The summed E-state index contributed by atoms with van der Waals surface area (Å²) >= 11 is 6.02. The molecule has 0 unspecified atom stereocenters. The van der Waals surface area contributed by atoms with Crippen LogP contribution in [0.3, 0.4) is 0 Å². The van der Waals surface area contributed by atoms with E-state index in [0.717, 1.165) is 11.3 Å². The number of nitrogens with one attached hydrogen (secondary N) is 1. The summed E-state index contributed by atoms with van der Waals surface area (Å²) < 4.78 is 0. The van der Waals surface area contributed by atoms with Crippen LogP contribution < -0.4 is 5.43 Å². The van der Waals surface area contributed by atoms with Crippen LogP contribution in [0.4, 0.5) is 5.69 Å². The monoisotopic (exact) mass is 231 g/mol. The van der Waals surface area contributed by atoms with E-state index in [9.17, 15) is 0 Å². The molecular formula is C12H10ClN3. The van der Waals surface area contributed by atoms with Crippen LogP contribution in [0.2, 0.25) is 0 Å². The topological polar surface area (TPSA) is 37.3 Å². The number of pyridine rings is 1. The number of hydrazone groups is 1. The van der Waals surface area contributed by atoms with Gasteiger partial charge in [0, 0.05) is 18.0 Å². The molecule has 1 aromatic carbocycles. The Morgan fingerprint density at radius 2 is 1.75 bits per heavy atom. The first-order valence-corrected chi connectivity index (χ1v) is 5.19. The van der Waals surface area contributed by atoms with Crippen molar-refractivity contribution >= 4 is 22.5 Å². The molecule has 1 heterocycles. The molecule has 80 valence electrons. The maximum Gasteiger partial charge on any atom is 0.156 e. The summed E-state index contributed by atoms with van der Waals surface area (Å²) in [6.45, 7) is 0. The van der Waals surface area contributed by atoms with Crippen molar-refractivity contribution in [3.05, 3.63) is 60.4 Å². The van der Waals surface area contributed by atoms with Crippen molar-refractivity contribution in [3.8, 4) is 0 Å². The molecule has 0 aliphatic rings. The summed E-state index contributed by atoms with van der Waals surface area (Å²) in [5, 5.41) is 4.48. The molecule has 0 saturated heterocycles. The number of hydrogen-bond donors (Lipinski definition) is 1. The minimum Gasteiger partial charge on any atom is -0.277 e. The predicted molar refractivity (Wildman–Crippen MR) is 66.7 cm³/mol. The van der Waals surface area contributed by atoms with Crippen molar-refractivity contribution in [2.24, 2.45) is 5.10 Å². The largest absolute Gasteiger partial charge is 0.277 e. The normalized spacial score (nSPS) is 11.2. The van der Waals surface area contributed by atoms with E-state index in [1.165, 1.54) is 0 Å². The molecule has 16 heavy (non-hydrogen) atoms. The fourth-order valence-corrected chi connectivity index (χ4v) is 1.35. The molecule has 4 heteroatoms. The molecule has 0 amide bonds. The third kappa shape index (κ3) is 2.81. The minimum atomic E-state index is 0.409. The van der Waals surface area contributed by atoms with Gasteiger partial charge >= 0.3 is 0 Å². The second kappa shape index (κ2) is 5.28. The van der Waals surface area contributed by atoms with Gasteiger partial charge in [-0.25, -0.2) is 0 Å². The quantitative estimate of drug-likeness (QED) is 0.651. The fraction of sp³-hybridized carbons (Fsp3) is 0. The van der Waals surface area contributed by atoms with Gasteiger partial charge in [-0.3, -0.25) is 10.4 Å². The smallest absolute Gasteiger partial charge is 0.156 e. The van der Waals surface area contributed by atoms with Crippen molar-refractivity contribution in [3.63, 3.8) is 0 Å². The highest BCUT2D eigenvalue weighted by Crippen LogP contribution is 2.07. The molecule has 2 rings (SSSR count). The SMILES string of the molecule is ClC(=NNc1ccccc1)c1ccncc1. The van der Waals surface area contributed by atoms with Gasteiger partial charge in [0.25, 0.3) is 0 Å². The van der Waals surface area contributed by atoms with E-state index >= 15 is 0 Å². The number of rotatable bonds is 3. The lowest BCUT2D eigenvalue weighted by molar-refractivity contribution is 1.31. The van der Waals surface area contributed by atoms with Crippen molar-refractivity contribution in [1.82, 2.24) is 4.98 Å². The molecule has 0 aliphatic carbocycles. The van der Waals surface area contributed by atoms with Gasteiger partial charge < -0.3 is 0 Å². The van der Waals surface area contributed by atoms with Crippen molar-refractivity contribution in [2.45, 2.75) is 0 Å². The Kier molecular flexibility index (Phi) is 3.51. The molecule has 0 fully saturated rings. The Morgan fingerprint density at radius 1 is 1.06 bits per heavy atom. The first kappa shape index (κ1) is 10.6. The van der Waals surface area contributed by atoms with Gasteiger partial charge in [-0.15, -0.1) is 0 Å². The molecule has 0 bridgehead atoms. The summed E-state index contributed by atoms with van der Waals surface area (Å²) in [5.74, 6) is 0. The number of benzene rings is 1. The molecule has 0 aliphatic heterocycles. The van der Waals surface area contributed by atoms with E-state index in [1.54, 1.807) is 24.5 Å². The van der Waals surface area contributed by atoms with Gasteiger partial charge in [-0.05, 0) is 24.3 Å². The van der Waals surface area contributed by atoms with Crippen molar-refractivity contribution in [2.75, 3.05) is 5.43 Å². The van der Waals surface area contributed by atoms with Gasteiger partial charge in [0.15, 0.2) is 5.17 Å². The zero-order valence-corrected chi connectivity index (χ0v) is 9.22. The average molecular weight is 232 g/mol. The van der Waals surface area contributed by atoms with Crippen LogP contribution in [0.5, 0.6) is 0 Å². The van der Waals surface area contributed by atoms with Gasteiger partial charge in [0.1, 0.15) is 0 Å². The number of aromatic nitrogens is 1. The van der Waals surface area contributed by atoms with Gasteiger partial charge in [0.05, 0.1) is 5.69 Å². The van der Waals surface area contributed by atoms with E-state index in [1.807, 2.05) is 30.3 Å². The molecule has 0 saturated carbocycles. The number of hydrogen-bond acceptors (Lipinski definition) is 3. The van der Waals surface area contributed by atoms with Crippen molar-refractivity contribution in [1.29, 1.82) is 0 Å². The van der Waals surface area contributed by atoms with Crippen LogP contribution in [0.1, 0.15) is 5.56 Å². The number of anilines is 1. The molecule has 1 aromatic heterocycles. The highest BCUT2D eigenvalue weighted by atomic mass is 35.5. The van der Waals surface area contributed by atoms with Gasteiger partial charge in [-0.2, -0.15) is 5.10 Å². The van der Waals surface area contributed by atoms with Crippen LogP contribution in [0.25, 0.3) is 0 Å². The number of nitrogens with zero attached hydrogens (tertiary/aromatic N) is 2. The molecule has 3 nitrogen and oxygen atoms in total. The van der Waals surface area contributed by atoms with E-state index in [0.29, 0.717) is 5.17 Å². The second-order valence-electron chi connectivity index (χ2n) is 3.12. The first-order chi connectivity index (χ1) is 7.86. The third-order valence-corrected chi connectivity index (χ3v) is 2.28. The molecular weight excluding hydrogens is 222 g/mol. The fourth-order valence-electron chi connectivity index (χ4n) is 1.18. The number of halogens is 1. The Labute approximate surface area is 98.8 Å². The van der Waals surface area contributed by atoms with Crippen molar-refractivity contribution < 1.29 is 0 Å². The maximum absolute atomic E-state index is 6.02. The van der Waals surface area contributed by atoms with Gasteiger partial charge in [-0.1, -0.05) is 29.8 Å². The molecule has 0 radical (unpaired) electrons. The van der Waals surface area contributed by atoms with E-state index in [2.05, 4.69) is 15.5 Å². The minimum absolute atomic E-state index is 0.409. The summed E-state index contributed by atoms with van der Waals surface area (Å²) in [5.41, 5.74) is 4.61. The van der Waals surface area contributed by atoms with E-state index < -0.39 is 0 Å². The van der Waals surface area contributed by atoms with Gasteiger partial charge in [0.2, 0.25) is 0 Å². The van der Waals surface area contributed by atoms with Crippen LogP contribution in [-0.2, 0) is 0 Å². The lowest BCUT2D eigenvalue weighted by Crippen LogP contribution is -1.96. The standard InChI is InChI=1S/C12H10ClN3/c13-12(10-6-8-14-9-7-10)16-15-11-4-2-1-3-5-11/h1-9,15H. The zero-order valence-electron chi connectivity index (χ0n) is 8.47. The average Bonchev–Trinajstić information content (AvgIpc) is 2.38. The van der Waals surface area contributed by atoms with Crippen LogP contribution in [-0.4, -0.2) is 10.2 Å². The lowest BCUT2D eigenvalue weighted by Gasteiger charge is -2.01. The van der Waals surface area contributed by atoms with Crippen LogP contribution in [0.15, 0.2) is 60.0 Å². The third-order valence-electron chi connectivity index (χ3n) is 1.98. The molecule has 1 N–H and O–H groups in total. The maximum atomic E-state index is 6.02. The second-order valence-corrected chi connectivity index (χ2v) is 3.47. The van der Waals surface area contributed by atoms with E-state index in [-0.39, 0.29) is 0 Å². The molecule has 2 aromatic rings. The Hall–Kier alpha value is -1.87. The summed E-state index contributed by atoms with van der Waals surface area (Å²) in [6.07, 6.45) is 3.35. The molecule has 0 atom stereocenters. The molecule has 0 spiro atoms. The number of para-hydroxylation sites is 1. The predicted octanol–water partition coefficient (Wildman–Crippen LogP) is 3.09. The Morgan fingerprint density at radius 3 is 2.44 bits per heavy atom. The highest BCUT2D eigenvalue weighted by Gasteiger charge is 1.97. The van der Waals surface area contributed by atoms with E-state index in [4.69, 9.17) is 11.6 Å². The Bertz CT molecular complexity index is 468. The van der Waals surface area contributed by atoms with Crippen LogP contribution >= 0.6 is 11.6 Å². The lowest BCUT2D eigenvalue weighted by atomic mass is 10.3.